The molecule has 0 aromatic heterocycles. The molecule has 0 fully saturated rings. The Bertz CT molecular complexity index is 1300. The smallest absolute Gasteiger partial charge is 0.277 e. The minimum Gasteiger partial charge on any atom is -0.292 e. The Morgan fingerprint density at radius 1 is 0.871 bits per heavy atom. The standard InChI is InChI=1S/C23H17FN2O4S/c1-26-21(22(27)15-7-3-2-4-8-15)20(18-9-5-6-10-19(18)31(26,29)30)25-23(28)16-11-13-17(24)14-12-16/h2-14,21H,1H3. The number of Topliss-reactive ketones (excluding diaryl/α,β-unsaturated/α-hetero) is 1. The Morgan fingerprint density at radius 2 is 1.48 bits per heavy atom. The van der Waals surface area contributed by atoms with Gasteiger partial charge in [0.2, 0.25) is 10.0 Å². The van der Waals surface area contributed by atoms with E-state index in [-0.39, 0.29) is 27.3 Å². The number of carbonyl (C=O) groups excluding carboxylic acids is 2. The predicted octanol–water partition coefficient (Wildman–Crippen LogP) is 3.34. The van der Waals surface area contributed by atoms with Crippen LogP contribution in [0.2, 0.25) is 0 Å². The van der Waals surface area contributed by atoms with E-state index in [4.69, 9.17) is 0 Å². The van der Waals surface area contributed by atoms with Gasteiger partial charge in [0.15, 0.2) is 5.78 Å². The monoisotopic (exact) mass is 436 g/mol. The third kappa shape index (κ3) is 3.71. The van der Waals surface area contributed by atoms with Gasteiger partial charge in [-0.2, -0.15) is 4.31 Å². The predicted molar refractivity (Wildman–Crippen MR) is 113 cm³/mol. The molecule has 156 valence electrons. The number of ketones is 1. The SMILES string of the molecule is CN1C(C(=O)c2ccccc2)C(=NC(=O)c2ccc(F)cc2)c2ccccc2S1(=O)=O. The number of rotatable bonds is 3. The van der Waals surface area contributed by atoms with Crippen LogP contribution in [-0.4, -0.2) is 43.2 Å². The average Bonchev–Trinajstić information content (AvgIpc) is 2.78. The van der Waals surface area contributed by atoms with Crippen molar-refractivity contribution in [1.29, 1.82) is 0 Å². The van der Waals surface area contributed by atoms with Crippen LogP contribution in [0.25, 0.3) is 0 Å². The molecule has 0 bridgehead atoms. The first-order valence-electron chi connectivity index (χ1n) is 9.36. The minimum absolute atomic E-state index is 0.0242. The fraction of sp³-hybridized carbons (Fsp3) is 0.0870. The van der Waals surface area contributed by atoms with Crippen LogP contribution in [0.5, 0.6) is 0 Å². The van der Waals surface area contributed by atoms with Gasteiger partial charge in [-0.05, 0) is 30.3 Å². The summed E-state index contributed by atoms with van der Waals surface area (Å²) in [6.45, 7) is 0. The van der Waals surface area contributed by atoms with Crippen molar-refractivity contribution in [2.45, 2.75) is 10.9 Å². The highest BCUT2D eigenvalue weighted by Gasteiger charge is 2.44. The first-order chi connectivity index (χ1) is 14.8. The van der Waals surface area contributed by atoms with Gasteiger partial charge in [0.25, 0.3) is 5.91 Å². The highest BCUT2D eigenvalue weighted by atomic mass is 32.2. The molecule has 0 saturated heterocycles. The zero-order chi connectivity index (χ0) is 22.2. The number of hydrogen-bond donors (Lipinski definition) is 0. The highest BCUT2D eigenvalue weighted by Crippen LogP contribution is 2.31. The van der Waals surface area contributed by atoms with Gasteiger partial charge in [0, 0.05) is 23.7 Å². The van der Waals surface area contributed by atoms with Crippen LogP contribution >= 0.6 is 0 Å². The maximum absolute atomic E-state index is 13.3. The van der Waals surface area contributed by atoms with E-state index >= 15 is 0 Å². The first kappa shape index (κ1) is 20.8. The Morgan fingerprint density at radius 3 is 2.16 bits per heavy atom. The summed E-state index contributed by atoms with van der Waals surface area (Å²) in [4.78, 5) is 30.3. The number of benzene rings is 3. The maximum Gasteiger partial charge on any atom is 0.277 e. The fourth-order valence-corrected chi connectivity index (χ4v) is 4.94. The van der Waals surface area contributed by atoms with Crippen molar-refractivity contribution in [3.05, 3.63) is 101 Å². The number of sulfonamides is 1. The van der Waals surface area contributed by atoms with Gasteiger partial charge in [0.05, 0.1) is 10.6 Å². The van der Waals surface area contributed by atoms with Crippen molar-refractivity contribution in [3.63, 3.8) is 0 Å². The highest BCUT2D eigenvalue weighted by molar-refractivity contribution is 7.89. The molecule has 31 heavy (non-hydrogen) atoms. The van der Waals surface area contributed by atoms with Crippen LogP contribution < -0.4 is 0 Å². The number of carbonyl (C=O) groups is 2. The molecule has 8 heteroatoms. The van der Waals surface area contributed by atoms with Crippen molar-refractivity contribution >= 4 is 27.4 Å². The number of halogens is 1. The summed E-state index contributed by atoms with van der Waals surface area (Å²) >= 11 is 0. The minimum atomic E-state index is -3.99. The van der Waals surface area contributed by atoms with Gasteiger partial charge in [-0.15, -0.1) is 0 Å². The van der Waals surface area contributed by atoms with E-state index in [0.717, 1.165) is 16.4 Å². The molecule has 1 atom stereocenters. The summed E-state index contributed by atoms with van der Waals surface area (Å²) in [7, 11) is -2.70. The van der Waals surface area contributed by atoms with Gasteiger partial charge >= 0.3 is 0 Å². The Hall–Kier alpha value is -3.49. The molecular formula is C23H17FN2O4S. The molecule has 4 rings (SSSR count). The molecule has 6 nitrogen and oxygen atoms in total. The van der Waals surface area contributed by atoms with E-state index in [2.05, 4.69) is 4.99 Å². The summed E-state index contributed by atoms with van der Waals surface area (Å²) in [5, 5.41) is 0. The Labute approximate surface area is 178 Å². The van der Waals surface area contributed by atoms with Crippen LogP contribution in [0, 0.1) is 5.82 Å². The number of nitrogens with zero attached hydrogens (tertiary/aromatic N) is 2. The lowest BCUT2D eigenvalue weighted by atomic mass is 9.95. The molecule has 3 aromatic carbocycles. The quantitative estimate of drug-likeness (QED) is 0.590. The zero-order valence-corrected chi connectivity index (χ0v) is 17.2. The molecule has 1 aliphatic rings. The van der Waals surface area contributed by atoms with Crippen molar-refractivity contribution in [3.8, 4) is 0 Å². The summed E-state index contributed by atoms with van der Waals surface area (Å²) in [6, 6.07) is 17.8. The van der Waals surface area contributed by atoms with Gasteiger partial charge in [0.1, 0.15) is 11.9 Å². The van der Waals surface area contributed by atoms with E-state index in [0.29, 0.717) is 0 Å². The number of hydrogen-bond acceptors (Lipinski definition) is 4. The zero-order valence-electron chi connectivity index (χ0n) is 16.4. The van der Waals surface area contributed by atoms with Gasteiger partial charge in [-0.3, -0.25) is 9.59 Å². The van der Waals surface area contributed by atoms with Crippen LogP contribution in [0.3, 0.4) is 0 Å². The first-order valence-corrected chi connectivity index (χ1v) is 10.8. The molecule has 1 unspecified atom stereocenters. The second kappa shape index (κ2) is 7.98. The number of fused-ring (bicyclic) bond motifs is 1. The van der Waals surface area contributed by atoms with Gasteiger partial charge in [-0.1, -0.05) is 48.5 Å². The second-order valence-corrected chi connectivity index (χ2v) is 8.93. The van der Waals surface area contributed by atoms with Crippen molar-refractivity contribution < 1.29 is 22.4 Å². The maximum atomic E-state index is 13.3. The molecule has 1 heterocycles. The topological polar surface area (TPSA) is 83.9 Å². The number of aliphatic imine (C=N–C) groups is 1. The van der Waals surface area contributed by atoms with Crippen molar-refractivity contribution in [2.75, 3.05) is 7.05 Å². The van der Waals surface area contributed by atoms with E-state index in [1.807, 2.05) is 0 Å². The van der Waals surface area contributed by atoms with Crippen LogP contribution in [0.4, 0.5) is 4.39 Å². The lowest BCUT2D eigenvalue weighted by molar-refractivity contribution is 0.0944. The van der Waals surface area contributed by atoms with Crippen LogP contribution in [-0.2, 0) is 10.0 Å². The normalized spacial score (nSPS) is 19.0. The second-order valence-electron chi connectivity index (χ2n) is 6.96. The van der Waals surface area contributed by atoms with Crippen LogP contribution in [0.1, 0.15) is 26.3 Å². The Balaban J connectivity index is 1.91. The van der Waals surface area contributed by atoms with E-state index in [9.17, 15) is 22.4 Å². The third-order valence-corrected chi connectivity index (χ3v) is 6.94. The lowest BCUT2D eigenvalue weighted by Crippen LogP contribution is -2.52. The molecule has 0 N–H and O–H groups in total. The van der Waals surface area contributed by atoms with E-state index < -0.39 is 33.6 Å². The van der Waals surface area contributed by atoms with E-state index in [1.54, 1.807) is 42.5 Å². The van der Waals surface area contributed by atoms with Gasteiger partial charge in [-0.25, -0.2) is 17.8 Å². The third-order valence-electron chi connectivity index (χ3n) is 5.06. The van der Waals surface area contributed by atoms with Gasteiger partial charge < -0.3 is 0 Å². The fourth-order valence-electron chi connectivity index (χ4n) is 3.45. The molecule has 0 saturated carbocycles. The summed E-state index contributed by atoms with van der Waals surface area (Å²) in [6.07, 6.45) is 0. The summed E-state index contributed by atoms with van der Waals surface area (Å²) in [5.41, 5.74) is 0.616. The summed E-state index contributed by atoms with van der Waals surface area (Å²) < 4.78 is 40.3. The molecule has 0 spiro atoms. The van der Waals surface area contributed by atoms with Crippen molar-refractivity contribution in [2.24, 2.45) is 4.99 Å². The lowest BCUT2D eigenvalue weighted by Gasteiger charge is -2.33. The molecule has 0 radical (unpaired) electrons. The number of likely N-dealkylation sites (N-methyl/N-ethyl adjacent to an activating group) is 1. The average molecular weight is 436 g/mol. The molecular weight excluding hydrogens is 419 g/mol. The van der Waals surface area contributed by atoms with E-state index in [1.165, 1.54) is 31.3 Å². The Kier molecular flexibility index (Phi) is 5.34. The van der Waals surface area contributed by atoms with Crippen molar-refractivity contribution in [1.82, 2.24) is 4.31 Å². The molecule has 3 aromatic rings. The summed E-state index contributed by atoms with van der Waals surface area (Å²) in [5.74, 6) is -1.72. The molecule has 1 amide bonds. The number of amides is 1. The van der Waals surface area contributed by atoms with Crippen LogP contribution in [0.15, 0.2) is 88.8 Å². The molecule has 0 aliphatic carbocycles. The largest absolute Gasteiger partial charge is 0.292 e. The molecule has 1 aliphatic heterocycles.